The first-order chi connectivity index (χ1) is 11.7. The fourth-order valence-electron chi connectivity index (χ4n) is 4.06. The SMILES string of the molecule is CC1(C2Nc3cccc4cccc(c34)N2)C=Cc2ccccc2C1. The van der Waals surface area contributed by atoms with Gasteiger partial charge in [-0.1, -0.05) is 67.6 Å². The third-order valence-electron chi connectivity index (χ3n) is 5.43. The summed E-state index contributed by atoms with van der Waals surface area (Å²) in [5, 5.41) is 10.0. The van der Waals surface area contributed by atoms with Crippen LogP contribution in [0.1, 0.15) is 18.1 Å². The topological polar surface area (TPSA) is 24.1 Å². The fourth-order valence-corrected chi connectivity index (χ4v) is 4.06. The Hall–Kier alpha value is -2.74. The van der Waals surface area contributed by atoms with Gasteiger partial charge in [0.1, 0.15) is 6.17 Å². The summed E-state index contributed by atoms with van der Waals surface area (Å²) in [6.45, 7) is 2.33. The lowest BCUT2D eigenvalue weighted by Crippen LogP contribution is -2.46. The van der Waals surface area contributed by atoms with Crippen LogP contribution in [0.5, 0.6) is 0 Å². The molecule has 0 fully saturated rings. The number of hydrogen-bond donors (Lipinski definition) is 2. The molecule has 2 heteroatoms. The maximum absolute atomic E-state index is 3.74. The minimum Gasteiger partial charge on any atom is -0.364 e. The highest BCUT2D eigenvalue weighted by Crippen LogP contribution is 2.42. The highest BCUT2D eigenvalue weighted by atomic mass is 15.2. The Morgan fingerprint density at radius 1 is 0.875 bits per heavy atom. The van der Waals surface area contributed by atoms with E-state index in [1.54, 1.807) is 0 Å². The van der Waals surface area contributed by atoms with E-state index in [0.717, 1.165) is 6.42 Å². The number of anilines is 2. The zero-order chi connectivity index (χ0) is 16.1. The van der Waals surface area contributed by atoms with Crippen molar-refractivity contribution in [3.63, 3.8) is 0 Å². The normalized spacial score (nSPS) is 21.9. The van der Waals surface area contributed by atoms with Crippen LogP contribution in [-0.2, 0) is 6.42 Å². The van der Waals surface area contributed by atoms with Gasteiger partial charge < -0.3 is 10.6 Å². The van der Waals surface area contributed by atoms with Crippen LogP contribution in [-0.4, -0.2) is 6.17 Å². The predicted molar refractivity (Wildman–Crippen MR) is 102 cm³/mol. The first kappa shape index (κ1) is 13.7. The molecule has 0 amide bonds. The molecule has 2 N–H and O–H groups in total. The van der Waals surface area contributed by atoms with E-state index in [4.69, 9.17) is 0 Å². The molecule has 24 heavy (non-hydrogen) atoms. The van der Waals surface area contributed by atoms with Crippen LogP contribution in [0.25, 0.3) is 16.8 Å². The number of benzene rings is 3. The summed E-state index contributed by atoms with van der Waals surface area (Å²) in [5.74, 6) is 0. The molecule has 1 unspecified atom stereocenters. The van der Waals surface area contributed by atoms with Gasteiger partial charge in [0, 0.05) is 22.2 Å². The second kappa shape index (κ2) is 4.88. The van der Waals surface area contributed by atoms with Crippen molar-refractivity contribution in [2.75, 3.05) is 10.6 Å². The van der Waals surface area contributed by atoms with Gasteiger partial charge in [-0.25, -0.2) is 0 Å². The lowest BCUT2D eigenvalue weighted by Gasteiger charge is -2.42. The fraction of sp³-hybridized carbons (Fsp3) is 0.182. The van der Waals surface area contributed by atoms with Crippen LogP contribution in [0.15, 0.2) is 66.7 Å². The van der Waals surface area contributed by atoms with E-state index in [2.05, 4.69) is 90.4 Å². The summed E-state index contributed by atoms with van der Waals surface area (Å²) >= 11 is 0. The van der Waals surface area contributed by atoms with Gasteiger partial charge in [0.25, 0.3) is 0 Å². The maximum atomic E-state index is 3.74. The summed E-state index contributed by atoms with van der Waals surface area (Å²) in [6.07, 6.45) is 5.82. The van der Waals surface area contributed by atoms with E-state index in [1.807, 2.05) is 0 Å². The molecule has 0 saturated carbocycles. The van der Waals surface area contributed by atoms with Crippen LogP contribution >= 0.6 is 0 Å². The smallest absolute Gasteiger partial charge is 0.106 e. The molecule has 0 saturated heterocycles. The van der Waals surface area contributed by atoms with Crippen molar-refractivity contribution in [3.8, 4) is 0 Å². The Kier molecular flexibility index (Phi) is 2.78. The largest absolute Gasteiger partial charge is 0.364 e. The van der Waals surface area contributed by atoms with Crippen LogP contribution < -0.4 is 10.6 Å². The Balaban J connectivity index is 1.56. The van der Waals surface area contributed by atoms with Gasteiger partial charge in [0.2, 0.25) is 0 Å². The monoisotopic (exact) mass is 312 g/mol. The summed E-state index contributed by atoms with van der Waals surface area (Å²) in [4.78, 5) is 0. The van der Waals surface area contributed by atoms with Crippen molar-refractivity contribution in [1.29, 1.82) is 0 Å². The standard InChI is InChI=1S/C22H20N2/c1-22(13-12-15-6-2-3-7-17(15)14-22)21-23-18-10-4-8-16-9-5-11-19(24-21)20(16)18/h2-13,21,23-24H,14H2,1H3. The molecule has 2 nitrogen and oxygen atoms in total. The van der Waals surface area contributed by atoms with Crippen molar-refractivity contribution >= 4 is 28.2 Å². The Bertz CT molecular complexity index is 932. The first-order valence-corrected chi connectivity index (χ1v) is 8.55. The van der Waals surface area contributed by atoms with Gasteiger partial charge in [0.05, 0.1) is 0 Å². The van der Waals surface area contributed by atoms with E-state index in [0.29, 0.717) is 0 Å². The minimum absolute atomic E-state index is 0.0179. The van der Waals surface area contributed by atoms with Gasteiger partial charge >= 0.3 is 0 Å². The molecule has 1 aliphatic heterocycles. The quantitative estimate of drug-likeness (QED) is 0.639. The molecule has 3 aromatic carbocycles. The molecule has 0 aromatic heterocycles. The van der Waals surface area contributed by atoms with Crippen molar-refractivity contribution in [2.45, 2.75) is 19.5 Å². The first-order valence-electron chi connectivity index (χ1n) is 8.55. The van der Waals surface area contributed by atoms with Crippen LogP contribution in [0.4, 0.5) is 11.4 Å². The summed E-state index contributed by atoms with van der Waals surface area (Å²) in [6, 6.07) is 21.7. The second-order valence-electron chi connectivity index (χ2n) is 7.15. The van der Waals surface area contributed by atoms with E-state index in [-0.39, 0.29) is 11.6 Å². The predicted octanol–water partition coefficient (Wildman–Crippen LogP) is 5.28. The van der Waals surface area contributed by atoms with E-state index in [1.165, 1.54) is 33.3 Å². The molecule has 1 heterocycles. The van der Waals surface area contributed by atoms with Crippen molar-refractivity contribution in [2.24, 2.45) is 5.41 Å². The van der Waals surface area contributed by atoms with Gasteiger partial charge in [-0.3, -0.25) is 0 Å². The maximum Gasteiger partial charge on any atom is 0.106 e. The Morgan fingerprint density at radius 2 is 1.58 bits per heavy atom. The third-order valence-corrected chi connectivity index (χ3v) is 5.43. The molecule has 0 radical (unpaired) electrons. The molecule has 0 bridgehead atoms. The zero-order valence-electron chi connectivity index (χ0n) is 13.7. The van der Waals surface area contributed by atoms with Gasteiger partial charge in [0.15, 0.2) is 0 Å². The third kappa shape index (κ3) is 1.96. The molecule has 5 rings (SSSR count). The van der Waals surface area contributed by atoms with Crippen molar-refractivity contribution < 1.29 is 0 Å². The average molecular weight is 312 g/mol. The van der Waals surface area contributed by atoms with Crippen molar-refractivity contribution in [3.05, 3.63) is 77.9 Å². The molecule has 2 aliphatic rings. The molecule has 0 spiro atoms. The van der Waals surface area contributed by atoms with E-state index < -0.39 is 0 Å². The van der Waals surface area contributed by atoms with Crippen LogP contribution in [0.2, 0.25) is 0 Å². The summed E-state index contributed by atoms with van der Waals surface area (Å²) < 4.78 is 0. The van der Waals surface area contributed by atoms with Crippen LogP contribution in [0.3, 0.4) is 0 Å². The lowest BCUT2D eigenvalue weighted by atomic mass is 9.75. The van der Waals surface area contributed by atoms with Gasteiger partial charge in [-0.2, -0.15) is 0 Å². The molecular weight excluding hydrogens is 292 g/mol. The van der Waals surface area contributed by atoms with E-state index >= 15 is 0 Å². The Labute approximate surface area is 142 Å². The summed E-state index contributed by atoms with van der Waals surface area (Å²) in [5.41, 5.74) is 5.22. The van der Waals surface area contributed by atoms with Gasteiger partial charge in [-0.05, 0) is 35.1 Å². The van der Waals surface area contributed by atoms with E-state index in [9.17, 15) is 0 Å². The molecule has 1 atom stereocenters. The summed E-state index contributed by atoms with van der Waals surface area (Å²) in [7, 11) is 0. The molecule has 3 aromatic rings. The molecular formula is C22H20N2. The zero-order valence-corrected chi connectivity index (χ0v) is 13.7. The highest BCUT2D eigenvalue weighted by Gasteiger charge is 2.36. The Morgan fingerprint density at radius 3 is 2.33 bits per heavy atom. The minimum atomic E-state index is 0.0179. The molecule has 118 valence electrons. The number of fused-ring (bicyclic) bond motifs is 1. The molecule has 1 aliphatic carbocycles. The number of nitrogens with one attached hydrogen (secondary N) is 2. The highest BCUT2D eigenvalue weighted by molar-refractivity contribution is 6.04. The number of hydrogen-bond acceptors (Lipinski definition) is 2. The van der Waals surface area contributed by atoms with Crippen LogP contribution in [0, 0.1) is 5.41 Å². The lowest BCUT2D eigenvalue weighted by molar-refractivity contribution is 0.375. The van der Waals surface area contributed by atoms with Gasteiger partial charge in [-0.15, -0.1) is 0 Å². The number of rotatable bonds is 1. The second-order valence-corrected chi connectivity index (χ2v) is 7.15. The average Bonchev–Trinajstić information content (AvgIpc) is 2.62. The van der Waals surface area contributed by atoms with Crippen molar-refractivity contribution in [1.82, 2.24) is 0 Å².